The summed E-state index contributed by atoms with van der Waals surface area (Å²) in [5.74, 6) is 0.773. The number of rotatable bonds is 3. The van der Waals surface area contributed by atoms with E-state index in [-0.39, 0.29) is 6.10 Å². The summed E-state index contributed by atoms with van der Waals surface area (Å²) in [6.45, 7) is 7.74. The molecule has 1 aliphatic heterocycles. The molecule has 0 radical (unpaired) electrons. The minimum atomic E-state index is -0.0668. The van der Waals surface area contributed by atoms with Crippen molar-refractivity contribution in [1.29, 1.82) is 0 Å². The standard InChI is InChI=1S/C10H21NO/c1-3-9(2)7-11-6-4-5-10(12)8-11/h9-10,12H,3-8H2,1-2H3/t9?,10-/m0/s1. The molecule has 2 nitrogen and oxygen atoms in total. The molecule has 1 saturated heterocycles. The quantitative estimate of drug-likeness (QED) is 0.695. The Labute approximate surface area is 75.6 Å². The Kier molecular flexibility index (Phi) is 4.02. The van der Waals surface area contributed by atoms with Gasteiger partial charge in [0, 0.05) is 13.1 Å². The van der Waals surface area contributed by atoms with Crippen LogP contribution in [0.25, 0.3) is 0 Å². The van der Waals surface area contributed by atoms with Gasteiger partial charge in [0.1, 0.15) is 0 Å². The summed E-state index contributed by atoms with van der Waals surface area (Å²) in [5.41, 5.74) is 0. The summed E-state index contributed by atoms with van der Waals surface area (Å²) in [7, 11) is 0. The zero-order valence-corrected chi connectivity index (χ0v) is 8.29. The molecule has 1 heterocycles. The van der Waals surface area contributed by atoms with Crippen LogP contribution in [0.15, 0.2) is 0 Å². The number of likely N-dealkylation sites (tertiary alicyclic amines) is 1. The van der Waals surface area contributed by atoms with Gasteiger partial charge in [-0.1, -0.05) is 20.3 Å². The van der Waals surface area contributed by atoms with E-state index in [0.29, 0.717) is 0 Å². The third kappa shape index (κ3) is 3.11. The maximum atomic E-state index is 9.42. The van der Waals surface area contributed by atoms with Gasteiger partial charge in [0.25, 0.3) is 0 Å². The Bertz CT molecular complexity index is 127. The molecule has 0 spiro atoms. The number of nitrogens with zero attached hydrogens (tertiary/aromatic N) is 1. The van der Waals surface area contributed by atoms with Crippen molar-refractivity contribution in [3.8, 4) is 0 Å². The summed E-state index contributed by atoms with van der Waals surface area (Å²) in [6.07, 6.45) is 3.34. The van der Waals surface area contributed by atoms with Gasteiger partial charge in [0.15, 0.2) is 0 Å². The van der Waals surface area contributed by atoms with E-state index in [1.807, 2.05) is 0 Å². The molecule has 0 bridgehead atoms. The van der Waals surface area contributed by atoms with Crippen molar-refractivity contribution in [1.82, 2.24) is 4.90 Å². The molecule has 0 aromatic carbocycles. The maximum Gasteiger partial charge on any atom is 0.0667 e. The van der Waals surface area contributed by atoms with E-state index in [9.17, 15) is 5.11 Å². The summed E-state index contributed by atoms with van der Waals surface area (Å²) in [5, 5.41) is 9.42. The lowest BCUT2D eigenvalue weighted by molar-refractivity contribution is 0.0632. The molecule has 1 fully saturated rings. The van der Waals surface area contributed by atoms with Gasteiger partial charge in [0.2, 0.25) is 0 Å². The smallest absolute Gasteiger partial charge is 0.0667 e. The van der Waals surface area contributed by atoms with E-state index in [2.05, 4.69) is 18.7 Å². The molecule has 0 aliphatic carbocycles. The predicted octanol–water partition coefficient (Wildman–Crippen LogP) is 1.49. The van der Waals surface area contributed by atoms with Gasteiger partial charge in [-0.15, -0.1) is 0 Å². The summed E-state index contributed by atoms with van der Waals surface area (Å²) < 4.78 is 0. The van der Waals surface area contributed by atoms with E-state index < -0.39 is 0 Å². The zero-order valence-electron chi connectivity index (χ0n) is 8.29. The van der Waals surface area contributed by atoms with Crippen LogP contribution in [0, 0.1) is 5.92 Å². The van der Waals surface area contributed by atoms with E-state index in [1.165, 1.54) is 13.0 Å². The van der Waals surface area contributed by atoms with Crippen LogP contribution in [-0.4, -0.2) is 35.7 Å². The average Bonchev–Trinajstić information content (AvgIpc) is 2.04. The monoisotopic (exact) mass is 171 g/mol. The molecule has 1 aliphatic rings. The van der Waals surface area contributed by atoms with Crippen LogP contribution in [0.2, 0.25) is 0 Å². The van der Waals surface area contributed by atoms with Gasteiger partial charge >= 0.3 is 0 Å². The molecular weight excluding hydrogens is 150 g/mol. The zero-order chi connectivity index (χ0) is 8.97. The van der Waals surface area contributed by atoms with E-state index in [4.69, 9.17) is 0 Å². The highest BCUT2D eigenvalue weighted by Gasteiger charge is 2.18. The molecule has 1 rings (SSSR count). The number of aliphatic hydroxyl groups is 1. The van der Waals surface area contributed by atoms with E-state index in [1.54, 1.807) is 0 Å². The first kappa shape index (κ1) is 10.0. The molecular formula is C10H21NO. The van der Waals surface area contributed by atoms with Gasteiger partial charge in [-0.2, -0.15) is 0 Å². The van der Waals surface area contributed by atoms with Crippen LogP contribution >= 0.6 is 0 Å². The summed E-state index contributed by atoms with van der Waals surface area (Å²) in [6, 6.07) is 0. The molecule has 2 heteroatoms. The fourth-order valence-electron chi connectivity index (χ4n) is 1.77. The maximum absolute atomic E-state index is 9.42. The normalized spacial score (nSPS) is 28.8. The van der Waals surface area contributed by atoms with Gasteiger partial charge in [0.05, 0.1) is 6.10 Å². The highest BCUT2D eigenvalue weighted by molar-refractivity contribution is 4.72. The Hall–Kier alpha value is -0.0800. The number of β-amino-alcohol motifs (C(OH)–C–C–N with tert-alkyl or cyclic N) is 1. The van der Waals surface area contributed by atoms with E-state index in [0.717, 1.165) is 31.8 Å². The molecule has 72 valence electrons. The SMILES string of the molecule is CCC(C)CN1CCC[C@H](O)C1. The lowest BCUT2D eigenvalue weighted by atomic mass is 10.0. The second-order valence-corrected chi connectivity index (χ2v) is 4.07. The fourth-order valence-corrected chi connectivity index (χ4v) is 1.77. The van der Waals surface area contributed by atoms with Crippen LogP contribution in [0.4, 0.5) is 0 Å². The molecule has 0 saturated carbocycles. The summed E-state index contributed by atoms with van der Waals surface area (Å²) >= 11 is 0. The van der Waals surface area contributed by atoms with Crippen molar-refractivity contribution in [3.05, 3.63) is 0 Å². The predicted molar refractivity (Wildman–Crippen MR) is 51.1 cm³/mol. The number of piperidine rings is 1. The Balaban J connectivity index is 2.22. The largest absolute Gasteiger partial charge is 0.392 e. The minimum absolute atomic E-state index is 0.0668. The Morgan fingerprint density at radius 3 is 2.92 bits per heavy atom. The first-order valence-electron chi connectivity index (χ1n) is 5.12. The lowest BCUT2D eigenvalue weighted by Crippen LogP contribution is -2.40. The van der Waals surface area contributed by atoms with Crippen LogP contribution in [0.1, 0.15) is 33.1 Å². The number of aliphatic hydroxyl groups excluding tert-OH is 1. The van der Waals surface area contributed by atoms with Crippen molar-refractivity contribution in [3.63, 3.8) is 0 Å². The molecule has 0 aromatic heterocycles. The molecule has 12 heavy (non-hydrogen) atoms. The Morgan fingerprint density at radius 1 is 1.58 bits per heavy atom. The van der Waals surface area contributed by atoms with Crippen molar-refractivity contribution in [2.75, 3.05) is 19.6 Å². The minimum Gasteiger partial charge on any atom is -0.392 e. The van der Waals surface area contributed by atoms with Gasteiger partial charge in [-0.05, 0) is 25.3 Å². The fraction of sp³-hybridized carbons (Fsp3) is 1.00. The van der Waals surface area contributed by atoms with Crippen molar-refractivity contribution in [2.24, 2.45) is 5.92 Å². The van der Waals surface area contributed by atoms with Crippen molar-refractivity contribution >= 4 is 0 Å². The van der Waals surface area contributed by atoms with Crippen LogP contribution < -0.4 is 0 Å². The molecule has 1 unspecified atom stereocenters. The molecule has 1 N–H and O–H groups in total. The Morgan fingerprint density at radius 2 is 2.33 bits per heavy atom. The molecule has 2 atom stereocenters. The second kappa shape index (κ2) is 4.83. The first-order valence-corrected chi connectivity index (χ1v) is 5.12. The van der Waals surface area contributed by atoms with E-state index >= 15 is 0 Å². The molecule has 0 aromatic rings. The summed E-state index contributed by atoms with van der Waals surface area (Å²) in [4.78, 5) is 2.39. The van der Waals surface area contributed by atoms with Gasteiger partial charge < -0.3 is 10.0 Å². The number of hydrogen-bond donors (Lipinski definition) is 1. The lowest BCUT2D eigenvalue weighted by Gasteiger charge is -2.31. The van der Waals surface area contributed by atoms with Gasteiger partial charge in [-0.25, -0.2) is 0 Å². The van der Waals surface area contributed by atoms with Crippen molar-refractivity contribution in [2.45, 2.75) is 39.2 Å². The van der Waals surface area contributed by atoms with Crippen LogP contribution in [0.5, 0.6) is 0 Å². The van der Waals surface area contributed by atoms with Crippen LogP contribution in [-0.2, 0) is 0 Å². The second-order valence-electron chi connectivity index (χ2n) is 4.07. The molecule has 0 amide bonds. The highest BCUT2D eigenvalue weighted by Crippen LogP contribution is 2.12. The topological polar surface area (TPSA) is 23.5 Å². The number of hydrogen-bond acceptors (Lipinski definition) is 2. The van der Waals surface area contributed by atoms with Crippen LogP contribution in [0.3, 0.4) is 0 Å². The average molecular weight is 171 g/mol. The van der Waals surface area contributed by atoms with Crippen molar-refractivity contribution < 1.29 is 5.11 Å². The first-order chi connectivity index (χ1) is 5.72. The highest BCUT2D eigenvalue weighted by atomic mass is 16.3. The van der Waals surface area contributed by atoms with Gasteiger partial charge in [-0.3, -0.25) is 0 Å². The third-order valence-electron chi connectivity index (χ3n) is 2.75. The third-order valence-corrected chi connectivity index (χ3v) is 2.75.